The van der Waals surface area contributed by atoms with E-state index in [9.17, 15) is 22.4 Å². The van der Waals surface area contributed by atoms with Crippen molar-refractivity contribution in [2.45, 2.75) is 0 Å². The molecule has 21 heavy (non-hydrogen) atoms. The number of hydrogen-bond donors (Lipinski definition) is 3. The number of benzene rings is 1. The Morgan fingerprint density at radius 1 is 1.38 bits per heavy atom. The summed E-state index contributed by atoms with van der Waals surface area (Å²) < 4.78 is 43.9. The number of nitrogens with one attached hydrogen (secondary N) is 2. The van der Waals surface area contributed by atoms with Crippen LogP contribution in [-0.2, 0) is 19.7 Å². The Kier molecular flexibility index (Phi) is 5.24. The van der Waals surface area contributed by atoms with Gasteiger partial charge in [0.2, 0.25) is 0 Å². The Balaban J connectivity index is 2.91. The Bertz CT molecular complexity index is 686. The van der Waals surface area contributed by atoms with E-state index >= 15 is 0 Å². The third-order valence-electron chi connectivity index (χ3n) is 2.06. The lowest BCUT2D eigenvalue weighted by atomic mass is 10.2. The average molecular weight is 318 g/mol. The van der Waals surface area contributed by atoms with Gasteiger partial charge >= 0.3 is 22.3 Å². The molecule has 0 bridgehead atoms. The van der Waals surface area contributed by atoms with Crippen LogP contribution in [0.4, 0.5) is 14.9 Å². The van der Waals surface area contributed by atoms with Gasteiger partial charge < -0.3 is 9.84 Å². The van der Waals surface area contributed by atoms with E-state index in [-0.39, 0.29) is 5.56 Å². The Labute approximate surface area is 119 Å². The number of amides is 1. The van der Waals surface area contributed by atoms with Crippen molar-refractivity contribution < 1.29 is 32.2 Å². The first kappa shape index (κ1) is 16.4. The molecule has 0 aliphatic heterocycles. The van der Waals surface area contributed by atoms with Gasteiger partial charge in [0, 0.05) is 6.08 Å². The molecule has 0 spiro atoms. The standard InChI is InChI=1S/C11H11FN2O6S/c1-20-11(17)14-21(18,19)13-9-4-2-7(6-8(9)12)3-5-10(15)16/h2-6,13H,1H3,(H,14,17)(H,15,16)/b5-3+. The zero-order valence-electron chi connectivity index (χ0n) is 10.7. The molecule has 0 aromatic heterocycles. The van der Waals surface area contributed by atoms with Gasteiger partial charge in [0.15, 0.2) is 0 Å². The molecule has 114 valence electrons. The normalized spacial score (nSPS) is 11.1. The van der Waals surface area contributed by atoms with Crippen LogP contribution in [0.2, 0.25) is 0 Å². The number of aliphatic carboxylic acids is 1. The van der Waals surface area contributed by atoms with Crippen LogP contribution >= 0.6 is 0 Å². The van der Waals surface area contributed by atoms with E-state index < -0.39 is 33.8 Å². The molecule has 1 rings (SSSR count). The highest BCUT2D eigenvalue weighted by atomic mass is 32.2. The van der Waals surface area contributed by atoms with E-state index in [1.165, 1.54) is 10.8 Å². The first-order valence-corrected chi connectivity index (χ1v) is 6.81. The number of carbonyl (C=O) groups excluding carboxylic acids is 1. The van der Waals surface area contributed by atoms with Crippen molar-refractivity contribution in [2.24, 2.45) is 0 Å². The molecule has 0 saturated heterocycles. The van der Waals surface area contributed by atoms with Crippen LogP contribution in [0.25, 0.3) is 6.08 Å². The number of anilines is 1. The number of rotatable bonds is 5. The molecular formula is C11H11FN2O6S. The summed E-state index contributed by atoms with van der Waals surface area (Å²) in [6.07, 6.45) is 0.706. The summed E-state index contributed by atoms with van der Waals surface area (Å²) in [6.45, 7) is 0. The highest BCUT2D eigenvalue weighted by Gasteiger charge is 2.16. The van der Waals surface area contributed by atoms with E-state index in [0.717, 1.165) is 31.4 Å². The van der Waals surface area contributed by atoms with Gasteiger partial charge in [0.1, 0.15) is 5.82 Å². The number of ether oxygens (including phenoxy) is 1. The fourth-order valence-electron chi connectivity index (χ4n) is 1.21. The molecule has 1 aromatic carbocycles. The average Bonchev–Trinajstić information content (AvgIpc) is 2.38. The van der Waals surface area contributed by atoms with Gasteiger partial charge in [-0.25, -0.2) is 18.7 Å². The minimum absolute atomic E-state index is 0.221. The molecular weight excluding hydrogens is 307 g/mol. The molecule has 1 amide bonds. The van der Waals surface area contributed by atoms with Crippen molar-refractivity contribution in [1.82, 2.24) is 4.72 Å². The van der Waals surface area contributed by atoms with Crippen LogP contribution in [0.3, 0.4) is 0 Å². The summed E-state index contributed by atoms with van der Waals surface area (Å²) in [5, 5.41) is 8.43. The van der Waals surface area contributed by atoms with Crippen molar-refractivity contribution in [2.75, 3.05) is 11.8 Å². The quantitative estimate of drug-likeness (QED) is 0.694. The number of carboxylic acid groups (broad SMARTS) is 1. The number of carbonyl (C=O) groups is 2. The van der Waals surface area contributed by atoms with Gasteiger partial charge in [-0.2, -0.15) is 8.42 Å². The van der Waals surface area contributed by atoms with Crippen molar-refractivity contribution in [1.29, 1.82) is 0 Å². The maximum Gasteiger partial charge on any atom is 0.422 e. The maximum atomic E-state index is 13.7. The Hall–Kier alpha value is -2.62. The summed E-state index contributed by atoms with van der Waals surface area (Å²) in [6, 6.07) is 3.29. The van der Waals surface area contributed by atoms with Crippen molar-refractivity contribution >= 4 is 34.0 Å². The van der Waals surface area contributed by atoms with E-state index in [1.807, 2.05) is 0 Å². The minimum atomic E-state index is -4.33. The topological polar surface area (TPSA) is 122 Å². The largest absolute Gasteiger partial charge is 0.478 e. The second-order valence-corrected chi connectivity index (χ2v) is 5.03. The molecule has 0 fully saturated rings. The molecule has 10 heteroatoms. The molecule has 0 atom stereocenters. The van der Waals surface area contributed by atoms with Crippen LogP contribution < -0.4 is 9.44 Å². The molecule has 0 aliphatic carbocycles. The minimum Gasteiger partial charge on any atom is -0.478 e. The van der Waals surface area contributed by atoms with Gasteiger partial charge in [-0.1, -0.05) is 6.07 Å². The molecule has 0 unspecified atom stereocenters. The lowest BCUT2D eigenvalue weighted by Gasteiger charge is -2.09. The molecule has 0 radical (unpaired) electrons. The van der Waals surface area contributed by atoms with E-state index in [1.54, 1.807) is 4.72 Å². The Morgan fingerprint density at radius 2 is 2.05 bits per heavy atom. The molecule has 3 N–H and O–H groups in total. The van der Waals surface area contributed by atoms with Gasteiger partial charge in [-0.05, 0) is 23.8 Å². The predicted molar refractivity (Wildman–Crippen MR) is 71.2 cm³/mol. The second kappa shape index (κ2) is 6.70. The van der Waals surface area contributed by atoms with Gasteiger partial charge in [0.05, 0.1) is 12.8 Å². The fraction of sp³-hybridized carbons (Fsp3) is 0.0909. The Morgan fingerprint density at radius 3 is 2.57 bits per heavy atom. The molecule has 8 nitrogen and oxygen atoms in total. The fourth-order valence-corrected chi connectivity index (χ4v) is 2.02. The van der Waals surface area contributed by atoms with Crippen LogP contribution in [0, 0.1) is 5.82 Å². The second-order valence-electron chi connectivity index (χ2n) is 3.61. The highest BCUT2D eigenvalue weighted by molar-refractivity contribution is 7.91. The summed E-state index contributed by atoms with van der Waals surface area (Å²) in [5.74, 6) is -2.15. The third-order valence-corrected chi connectivity index (χ3v) is 2.98. The summed E-state index contributed by atoms with van der Waals surface area (Å²) >= 11 is 0. The lowest BCUT2D eigenvalue weighted by molar-refractivity contribution is -0.131. The third kappa shape index (κ3) is 5.48. The monoisotopic (exact) mass is 318 g/mol. The highest BCUT2D eigenvalue weighted by Crippen LogP contribution is 2.17. The smallest absolute Gasteiger partial charge is 0.422 e. The predicted octanol–water partition coefficient (Wildman–Crippen LogP) is 0.936. The first-order chi connectivity index (χ1) is 9.73. The van der Waals surface area contributed by atoms with Crippen LogP contribution in [0.15, 0.2) is 24.3 Å². The zero-order valence-corrected chi connectivity index (χ0v) is 11.5. The summed E-state index contributed by atoms with van der Waals surface area (Å²) in [4.78, 5) is 21.1. The van der Waals surface area contributed by atoms with E-state index in [4.69, 9.17) is 5.11 Å². The zero-order chi connectivity index (χ0) is 16.0. The number of halogens is 1. The summed E-state index contributed by atoms with van der Waals surface area (Å²) in [7, 11) is -3.37. The number of hydrogen-bond acceptors (Lipinski definition) is 5. The maximum absolute atomic E-state index is 13.7. The van der Waals surface area contributed by atoms with Crippen LogP contribution in [0.1, 0.15) is 5.56 Å². The van der Waals surface area contributed by atoms with Crippen molar-refractivity contribution in [3.63, 3.8) is 0 Å². The number of methoxy groups -OCH3 is 1. The first-order valence-electron chi connectivity index (χ1n) is 5.32. The molecule has 0 saturated carbocycles. The van der Waals surface area contributed by atoms with Crippen molar-refractivity contribution in [3.05, 3.63) is 35.7 Å². The molecule has 0 heterocycles. The SMILES string of the molecule is COC(=O)NS(=O)(=O)Nc1ccc(/C=C/C(=O)O)cc1F. The van der Waals surface area contributed by atoms with Crippen LogP contribution in [0.5, 0.6) is 0 Å². The summed E-state index contributed by atoms with van der Waals surface area (Å²) in [5.41, 5.74) is -0.197. The number of carboxylic acids is 1. The molecule has 0 aliphatic rings. The van der Waals surface area contributed by atoms with Gasteiger partial charge in [-0.3, -0.25) is 4.72 Å². The van der Waals surface area contributed by atoms with E-state index in [0.29, 0.717) is 0 Å². The van der Waals surface area contributed by atoms with Gasteiger partial charge in [0.25, 0.3) is 0 Å². The van der Waals surface area contributed by atoms with E-state index in [2.05, 4.69) is 4.74 Å². The van der Waals surface area contributed by atoms with Crippen molar-refractivity contribution in [3.8, 4) is 0 Å². The van der Waals surface area contributed by atoms with Gasteiger partial charge in [-0.15, -0.1) is 0 Å². The molecule has 1 aromatic rings. The van der Waals surface area contributed by atoms with Crippen LogP contribution in [-0.4, -0.2) is 32.7 Å². The lowest BCUT2D eigenvalue weighted by Crippen LogP contribution is -2.35.